The number of fused-ring (bicyclic) bond motifs is 1. The quantitative estimate of drug-likeness (QED) is 0.763. The Balaban J connectivity index is 1.52. The lowest BCUT2D eigenvalue weighted by Crippen LogP contribution is -2.48. The Kier molecular flexibility index (Phi) is 6.60. The van der Waals surface area contributed by atoms with Crippen molar-refractivity contribution < 1.29 is 14.6 Å². The van der Waals surface area contributed by atoms with E-state index in [4.69, 9.17) is 14.6 Å². The monoisotopic (exact) mass is 360 g/mol. The number of ether oxygens (including phenoxy) is 2. The highest BCUT2D eigenvalue weighted by Gasteiger charge is 2.16. The normalized spacial score (nSPS) is 16.3. The number of rotatable bonds is 8. The highest BCUT2D eigenvalue weighted by Crippen LogP contribution is 2.25. The molecule has 0 spiro atoms. The van der Waals surface area contributed by atoms with Crippen molar-refractivity contribution in [1.82, 2.24) is 19.8 Å². The zero-order chi connectivity index (χ0) is 18.4. The topological polar surface area (TPSA) is 71.0 Å². The van der Waals surface area contributed by atoms with Crippen LogP contribution in [0.25, 0.3) is 10.9 Å². The van der Waals surface area contributed by atoms with Gasteiger partial charge in [0.2, 0.25) is 0 Å². The standard InChI is InChI=1S/C19H28N4O3/c1-15(2)26-18-5-3-4-17-16(18)14-20-19(21-17)25-13-11-23-8-6-22(7-9-23)10-12-24/h3-5,14-15,24H,6-13H2,1-2H3. The molecule has 1 fully saturated rings. The van der Waals surface area contributed by atoms with E-state index in [1.807, 2.05) is 32.0 Å². The number of hydrogen-bond donors (Lipinski definition) is 1. The summed E-state index contributed by atoms with van der Waals surface area (Å²) >= 11 is 0. The van der Waals surface area contributed by atoms with Gasteiger partial charge in [-0.25, -0.2) is 4.98 Å². The number of aliphatic hydroxyl groups excluding tert-OH is 1. The zero-order valence-electron chi connectivity index (χ0n) is 15.6. The third-order valence-corrected chi connectivity index (χ3v) is 4.45. The molecule has 1 aliphatic heterocycles. The van der Waals surface area contributed by atoms with Gasteiger partial charge in [0.25, 0.3) is 0 Å². The molecule has 1 aromatic carbocycles. The Hall–Kier alpha value is -1.96. The van der Waals surface area contributed by atoms with Gasteiger partial charge in [0.05, 0.1) is 23.6 Å². The minimum absolute atomic E-state index is 0.106. The summed E-state index contributed by atoms with van der Waals surface area (Å²) < 4.78 is 11.6. The summed E-state index contributed by atoms with van der Waals surface area (Å²) in [5, 5.41) is 9.89. The number of aliphatic hydroxyl groups is 1. The van der Waals surface area contributed by atoms with Crippen molar-refractivity contribution in [2.45, 2.75) is 20.0 Å². The summed E-state index contributed by atoms with van der Waals surface area (Å²) in [6.07, 6.45) is 1.87. The number of hydrogen-bond acceptors (Lipinski definition) is 7. The molecule has 2 heterocycles. The van der Waals surface area contributed by atoms with Crippen LogP contribution in [0.3, 0.4) is 0 Å². The molecular formula is C19H28N4O3. The second kappa shape index (κ2) is 9.12. The highest BCUT2D eigenvalue weighted by atomic mass is 16.5. The third-order valence-electron chi connectivity index (χ3n) is 4.45. The van der Waals surface area contributed by atoms with E-state index >= 15 is 0 Å². The molecule has 0 radical (unpaired) electrons. The smallest absolute Gasteiger partial charge is 0.316 e. The lowest BCUT2D eigenvalue weighted by molar-refractivity contribution is 0.100. The van der Waals surface area contributed by atoms with Crippen LogP contribution in [0.5, 0.6) is 11.8 Å². The van der Waals surface area contributed by atoms with Crippen molar-refractivity contribution in [3.63, 3.8) is 0 Å². The largest absolute Gasteiger partial charge is 0.490 e. The summed E-state index contributed by atoms with van der Waals surface area (Å²) in [5.41, 5.74) is 0.825. The molecule has 3 rings (SSSR count). The molecule has 26 heavy (non-hydrogen) atoms. The second-order valence-electron chi connectivity index (χ2n) is 6.76. The SMILES string of the molecule is CC(C)Oc1cccc2nc(OCCN3CCN(CCO)CC3)ncc12. The molecule has 0 amide bonds. The minimum Gasteiger partial charge on any atom is -0.490 e. The lowest BCUT2D eigenvalue weighted by Gasteiger charge is -2.34. The van der Waals surface area contributed by atoms with Crippen LogP contribution in [0.15, 0.2) is 24.4 Å². The predicted molar refractivity (Wildman–Crippen MR) is 101 cm³/mol. The van der Waals surface area contributed by atoms with Gasteiger partial charge in [0.15, 0.2) is 0 Å². The van der Waals surface area contributed by atoms with Gasteiger partial charge in [-0.3, -0.25) is 9.80 Å². The summed E-state index contributed by atoms with van der Waals surface area (Å²) in [6.45, 7) is 10.4. The number of β-amino-alcohol motifs (C(OH)–C–C–N with tert-alkyl or cyclic N) is 1. The van der Waals surface area contributed by atoms with Crippen molar-refractivity contribution in [2.75, 3.05) is 52.5 Å². The van der Waals surface area contributed by atoms with Gasteiger partial charge < -0.3 is 14.6 Å². The first-order chi connectivity index (χ1) is 12.7. The van der Waals surface area contributed by atoms with Gasteiger partial charge in [-0.05, 0) is 26.0 Å². The van der Waals surface area contributed by atoms with Crippen molar-refractivity contribution in [2.24, 2.45) is 0 Å². The van der Waals surface area contributed by atoms with Gasteiger partial charge in [0, 0.05) is 45.5 Å². The van der Waals surface area contributed by atoms with Gasteiger partial charge in [-0.1, -0.05) is 6.07 Å². The number of piperazine rings is 1. The van der Waals surface area contributed by atoms with E-state index in [0.717, 1.165) is 55.9 Å². The van der Waals surface area contributed by atoms with Crippen LogP contribution in [0.1, 0.15) is 13.8 Å². The number of aromatic nitrogens is 2. The van der Waals surface area contributed by atoms with E-state index in [2.05, 4.69) is 19.8 Å². The summed E-state index contributed by atoms with van der Waals surface area (Å²) in [7, 11) is 0. The van der Waals surface area contributed by atoms with E-state index in [-0.39, 0.29) is 12.7 Å². The number of benzene rings is 1. The fourth-order valence-electron chi connectivity index (χ4n) is 3.08. The molecule has 0 atom stereocenters. The summed E-state index contributed by atoms with van der Waals surface area (Å²) in [5.74, 6) is 0.796. The van der Waals surface area contributed by atoms with Crippen molar-refractivity contribution >= 4 is 10.9 Å². The average Bonchev–Trinajstić information content (AvgIpc) is 2.63. The van der Waals surface area contributed by atoms with Crippen LogP contribution >= 0.6 is 0 Å². The van der Waals surface area contributed by atoms with Crippen molar-refractivity contribution in [1.29, 1.82) is 0 Å². The van der Waals surface area contributed by atoms with Crippen LogP contribution in [0, 0.1) is 0 Å². The third kappa shape index (κ3) is 5.03. The summed E-state index contributed by atoms with van der Waals surface area (Å²) in [6, 6.07) is 6.21. The first-order valence-corrected chi connectivity index (χ1v) is 9.26. The fraction of sp³-hybridized carbons (Fsp3) is 0.579. The van der Waals surface area contributed by atoms with Gasteiger partial charge in [-0.15, -0.1) is 0 Å². The molecule has 0 aliphatic carbocycles. The molecule has 142 valence electrons. The van der Waals surface area contributed by atoms with Gasteiger partial charge in [-0.2, -0.15) is 4.98 Å². The number of nitrogens with zero attached hydrogens (tertiary/aromatic N) is 4. The second-order valence-corrected chi connectivity index (χ2v) is 6.76. The van der Waals surface area contributed by atoms with Crippen molar-refractivity contribution in [3.05, 3.63) is 24.4 Å². The Morgan fingerprint density at radius 3 is 2.54 bits per heavy atom. The van der Waals surface area contributed by atoms with Crippen LogP contribution < -0.4 is 9.47 Å². The molecule has 0 bridgehead atoms. The molecule has 2 aromatic rings. The maximum atomic E-state index is 8.99. The molecule has 1 N–H and O–H groups in total. The van der Waals surface area contributed by atoms with Crippen LogP contribution in [-0.2, 0) is 0 Å². The maximum absolute atomic E-state index is 8.99. The molecule has 1 aromatic heterocycles. The highest BCUT2D eigenvalue weighted by molar-refractivity contribution is 5.84. The molecule has 0 saturated carbocycles. The van der Waals surface area contributed by atoms with Gasteiger partial charge in [0.1, 0.15) is 12.4 Å². The molecular weight excluding hydrogens is 332 g/mol. The zero-order valence-corrected chi connectivity index (χ0v) is 15.6. The predicted octanol–water partition coefficient (Wildman–Crippen LogP) is 1.41. The minimum atomic E-state index is 0.106. The Morgan fingerprint density at radius 2 is 1.85 bits per heavy atom. The van der Waals surface area contributed by atoms with E-state index in [9.17, 15) is 0 Å². The molecule has 7 nitrogen and oxygen atoms in total. The van der Waals surface area contributed by atoms with E-state index < -0.39 is 0 Å². The first-order valence-electron chi connectivity index (χ1n) is 9.26. The van der Waals surface area contributed by atoms with E-state index in [1.54, 1.807) is 6.20 Å². The van der Waals surface area contributed by atoms with E-state index in [0.29, 0.717) is 12.6 Å². The van der Waals surface area contributed by atoms with Crippen LogP contribution in [-0.4, -0.2) is 83.5 Å². The van der Waals surface area contributed by atoms with Gasteiger partial charge >= 0.3 is 6.01 Å². The Morgan fingerprint density at radius 1 is 1.12 bits per heavy atom. The Labute approximate surface area is 154 Å². The first kappa shape index (κ1) is 18.8. The average molecular weight is 360 g/mol. The maximum Gasteiger partial charge on any atom is 0.316 e. The molecule has 0 unspecified atom stereocenters. The fourth-order valence-corrected chi connectivity index (χ4v) is 3.08. The van der Waals surface area contributed by atoms with Crippen molar-refractivity contribution in [3.8, 4) is 11.8 Å². The molecule has 7 heteroatoms. The summed E-state index contributed by atoms with van der Waals surface area (Å²) in [4.78, 5) is 13.5. The lowest BCUT2D eigenvalue weighted by atomic mass is 10.2. The Bertz CT molecular complexity index is 702. The van der Waals surface area contributed by atoms with Crippen LogP contribution in [0.4, 0.5) is 0 Å². The van der Waals surface area contributed by atoms with E-state index in [1.165, 1.54) is 0 Å². The van der Waals surface area contributed by atoms with Crippen LogP contribution in [0.2, 0.25) is 0 Å². The molecule has 1 saturated heterocycles. The molecule has 1 aliphatic rings.